The van der Waals surface area contributed by atoms with Gasteiger partial charge >= 0.3 is 0 Å². The number of anilines is 1. The molecule has 0 spiro atoms. The van der Waals surface area contributed by atoms with Crippen LogP contribution in [0, 0.1) is 18.3 Å². The largest absolute Gasteiger partial charge is 0.472 e. The molecule has 9 nitrogen and oxygen atoms in total. The predicted octanol–water partition coefficient (Wildman–Crippen LogP) is 2.44. The van der Waals surface area contributed by atoms with E-state index in [0.717, 1.165) is 5.56 Å². The minimum Gasteiger partial charge on any atom is -0.472 e. The number of hydrogen-bond acceptors (Lipinski definition) is 7. The van der Waals surface area contributed by atoms with Crippen molar-refractivity contribution in [2.24, 2.45) is 0 Å². The predicted molar refractivity (Wildman–Crippen MR) is 91.0 cm³/mol. The van der Waals surface area contributed by atoms with Crippen molar-refractivity contribution in [2.45, 2.75) is 6.92 Å². The van der Waals surface area contributed by atoms with Gasteiger partial charge in [-0.3, -0.25) is 15.2 Å². The number of pyridine rings is 1. The van der Waals surface area contributed by atoms with Crippen LogP contribution in [0.4, 0.5) is 5.95 Å². The van der Waals surface area contributed by atoms with E-state index in [1.807, 2.05) is 6.07 Å². The average molecular weight is 345 g/mol. The van der Waals surface area contributed by atoms with Crippen molar-refractivity contribution in [3.63, 3.8) is 0 Å². The van der Waals surface area contributed by atoms with Crippen LogP contribution in [0.25, 0.3) is 22.3 Å². The molecular formula is C17H11N7O2. The number of rotatable bonds is 3. The number of hydrogen-bond donors (Lipinski definition) is 2. The standard InChI is InChI=1S/C17H11N7O2/c1-9-4-10(5-18)6-19-13(9)16(25)22-17-20-7-12-15(21-17)14(24-23-12)11-2-3-26-8-11/h2-4,6-8H,1H3,(H,23,24)(H,20,21,22,25). The van der Waals surface area contributed by atoms with Gasteiger partial charge in [-0.2, -0.15) is 10.4 Å². The molecule has 26 heavy (non-hydrogen) atoms. The minimum atomic E-state index is -0.459. The molecule has 0 radical (unpaired) electrons. The third-order valence-electron chi connectivity index (χ3n) is 3.74. The van der Waals surface area contributed by atoms with Crippen molar-refractivity contribution in [1.82, 2.24) is 25.1 Å². The topological polar surface area (TPSA) is 133 Å². The van der Waals surface area contributed by atoms with E-state index in [4.69, 9.17) is 9.68 Å². The van der Waals surface area contributed by atoms with Gasteiger partial charge in [-0.25, -0.2) is 15.0 Å². The number of aryl methyl sites for hydroxylation is 1. The molecule has 126 valence electrons. The molecule has 0 atom stereocenters. The Morgan fingerprint density at radius 1 is 1.35 bits per heavy atom. The fourth-order valence-corrected chi connectivity index (χ4v) is 2.51. The number of nitrogens with zero attached hydrogens (tertiary/aromatic N) is 5. The molecule has 4 heterocycles. The highest BCUT2D eigenvalue weighted by atomic mass is 16.3. The highest BCUT2D eigenvalue weighted by Gasteiger charge is 2.16. The van der Waals surface area contributed by atoms with Crippen molar-refractivity contribution >= 4 is 22.9 Å². The summed E-state index contributed by atoms with van der Waals surface area (Å²) in [5.74, 6) is -0.334. The lowest BCUT2D eigenvalue weighted by molar-refractivity contribution is 0.102. The zero-order valence-corrected chi connectivity index (χ0v) is 13.5. The summed E-state index contributed by atoms with van der Waals surface area (Å²) in [4.78, 5) is 25.0. The number of H-pyrrole nitrogens is 1. The second kappa shape index (κ2) is 6.10. The van der Waals surface area contributed by atoms with Crippen molar-refractivity contribution in [3.05, 3.63) is 53.9 Å². The van der Waals surface area contributed by atoms with E-state index >= 15 is 0 Å². The van der Waals surface area contributed by atoms with Gasteiger partial charge < -0.3 is 4.42 Å². The average Bonchev–Trinajstić information content (AvgIpc) is 3.30. The molecule has 4 rings (SSSR count). The summed E-state index contributed by atoms with van der Waals surface area (Å²) in [6.07, 6.45) is 5.98. The summed E-state index contributed by atoms with van der Waals surface area (Å²) >= 11 is 0. The molecule has 9 heteroatoms. The summed E-state index contributed by atoms with van der Waals surface area (Å²) in [5, 5.41) is 18.5. The molecule has 0 aromatic carbocycles. The van der Waals surface area contributed by atoms with E-state index in [-0.39, 0.29) is 11.6 Å². The van der Waals surface area contributed by atoms with Gasteiger partial charge in [0.1, 0.15) is 28.5 Å². The summed E-state index contributed by atoms with van der Waals surface area (Å²) < 4.78 is 5.07. The Labute approximate surface area is 146 Å². The number of aromatic nitrogens is 5. The fraction of sp³-hybridized carbons (Fsp3) is 0.0588. The molecule has 0 saturated carbocycles. The van der Waals surface area contributed by atoms with Crippen LogP contribution in [-0.2, 0) is 0 Å². The van der Waals surface area contributed by atoms with Crippen molar-refractivity contribution in [1.29, 1.82) is 5.26 Å². The molecule has 0 aliphatic heterocycles. The van der Waals surface area contributed by atoms with Gasteiger partial charge in [0, 0.05) is 11.8 Å². The van der Waals surface area contributed by atoms with E-state index in [0.29, 0.717) is 27.9 Å². The zero-order chi connectivity index (χ0) is 18.1. The fourth-order valence-electron chi connectivity index (χ4n) is 2.51. The van der Waals surface area contributed by atoms with Crippen LogP contribution in [0.2, 0.25) is 0 Å². The summed E-state index contributed by atoms with van der Waals surface area (Å²) in [7, 11) is 0. The normalized spacial score (nSPS) is 10.6. The van der Waals surface area contributed by atoms with Crippen LogP contribution in [0.5, 0.6) is 0 Å². The first kappa shape index (κ1) is 15.5. The summed E-state index contributed by atoms with van der Waals surface area (Å²) in [6, 6.07) is 5.34. The molecule has 4 aromatic heterocycles. The maximum Gasteiger partial charge on any atom is 0.276 e. The molecule has 4 aromatic rings. The highest BCUT2D eigenvalue weighted by Crippen LogP contribution is 2.25. The summed E-state index contributed by atoms with van der Waals surface area (Å²) in [6.45, 7) is 1.71. The number of carbonyl (C=O) groups is 1. The Morgan fingerprint density at radius 3 is 2.96 bits per heavy atom. The molecule has 2 N–H and O–H groups in total. The van der Waals surface area contributed by atoms with Gasteiger partial charge in [0.2, 0.25) is 5.95 Å². The minimum absolute atomic E-state index is 0.124. The van der Waals surface area contributed by atoms with Gasteiger partial charge in [0.05, 0.1) is 24.3 Å². The second-order valence-electron chi connectivity index (χ2n) is 5.50. The monoisotopic (exact) mass is 345 g/mol. The van der Waals surface area contributed by atoms with Crippen LogP contribution in [0.1, 0.15) is 21.6 Å². The molecule has 0 saturated heterocycles. The van der Waals surface area contributed by atoms with Gasteiger partial charge in [-0.05, 0) is 24.6 Å². The first-order valence-corrected chi connectivity index (χ1v) is 7.57. The lowest BCUT2D eigenvalue weighted by atomic mass is 10.1. The Balaban J connectivity index is 1.66. The Bertz CT molecular complexity index is 1160. The maximum absolute atomic E-state index is 12.4. The third-order valence-corrected chi connectivity index (χ3v) is 3.74. The molecule has 1 amide bonds. The number of aromatic amines is 1. The number of nitrogens with one attached hydrogen (secondary N) is 2. The number of carbonyl (C=O) groups excluding carboxylic acids is 1. The van der Waals surface area contributed by atoms with Crippen LogP contribution in [-0.4, -0.2) is 31.1 Å². The van der Waals surface area contributed by atoms with Crippen molar-refractivity contribution < 1.29 is 9.21 Å². The number of furan rings is 1. The van der Waals surface area contributed by atoms with Gasteiger partial charge in [-0.15, -0.1) is 0 Å². The van der Waals surface area contributed by atoms with Crippen LogP contribution in [0.15, 0.2) is 41.5 Å². The van der Waals surface area contributed by atoms with E-state index in [2.05, 4.69) is 30.5 Å². The quantitative estimate of drug-likeness (QED) is 0.582. The van der Waals surface area contributed by atoms with E-state index in [1.165, 1.54) is 12.4 Å². The second-order valence-corrected chi connectivity index (χ2v) is 5.50. The number of nitriles is 1. The SMILES string of the molecule is Cc1cc(C#N)cnc1C(=O)Nc1ncc2[nH]nc(-c3ccoc3)c2n1. The number of amides is 1. The molecule has 0 unspecified atom stereocenters. The van der Waals surface area contributed by atoms with Gasteiger partial charge in [0.25, 0.3) is 5.91 Å². The van der Waals surface area contributed by atoms with Crippen molar-refractivity contribution in [2.75, 3.05) is 5.32 Å². The van der Waals surface area contributed by atoms with Crippen LogP contribution in [0.3, 0.4) is 0 Å². The Kier molecular flexibility index (Phi) is 3.63. The van der Waals surface area contributed by atoms with Crippen LogP contribution < -0.4 is 5.32 Å². The first-order chi connectivity index (χ1) is 12.7. The summed E-state index contributed by atoms with van der Waals surface area (Å²) in [5.41, 5.74) is 3.73. The lowest BCUT2D eigenvalue weighted by Crippen LogP contribution is -2.17. The molecule has 0 bridgehead atoms. The smallest absolute Gasteiger partial charge is 0.276 e. The highest BCUT2D eigenvalue weighted by molar-refractivity contribution is 6.03. The first-order valence-electron chi connectivity index (χ1n) is 7.57. The number of fused-ring (bicyclic) bond motifs is 1. The molecular weight excluding hydrogens is 334 g/mol. The van der Waals surface area contributed by atoms with Gasteiger partial charge in [0.15, 0.2) is 0 Å². The Morgan fingerprint density at radius 2 is 2.23 bits per heavy atom. The third kappa shape index (κ3) is 2.65. The lowest BCUT2D eigenvalue weighted by Gasteiger charge is -2.06. The Hall–Kier alpha value is -4.06. The van der Waals surface area contributed by atoms with E-state index < -0.39 is 5.91 Å². The maximum atomic E-state index is 12.4. The van der Waals surface area contributed by atoms with Crippen molar-refractivity contribution in [3.8, 4) is 17.3 Å². The van der Waals surface area contributed by atoms with Crippen LogP contribution >= 0.6 is 0 Å². The molecule has 0 aliphatic carbocycles. The van der Waals surface area contributed by atoms with E-state index in [9.17, 15) is 4.79 Å². The van der Waals surface area contributed by atoms with E-state index in [1.54, 1.807) is 31.6 Å². The van der Waals surface area contributed by atoms with Gasteiger partial charge in [-0.1, -0.05) is 0 Å². The molecule has 0 aliphatic rings. The zero-order valence-electron chi connectivity index (χ0n) is 13.5. The molecule has 0 fully saturated rings.